The van der Waals surface area contributed by atoms with Crippen LogP contribution in [0.1, 0.15) is 6.42 Å². The summed E-state index contributed by atoms with van der Waals surface area (Å²) in [5.41, 5.74) is 0. The number of likely N-dealkylation sites (N-methyl/N-ethyl adjacent to an activating group) is 1. The highest BCUT2D eigenvalue weighted by atomic mass is 16.2. The standard InChI is InChI=1S/C10H21N3O/c1-11-6-10(14)13-5-4-9(8-13)7-12(2)3/h9,11H,4-8H2,1-3H3. The van der Waals surface area contributed by atoms with E-state index in [4.69, 9.17) is 0 Å². The van der Waals surface area contributed by atoms with Crippen LogP contribution in [0.4, 0.5) is 0 Å². The van der Waals surface area contributed by atoms with Gasteiger partial charge in [0.1, 0.15) is 0 Å². The first kappa shape index (κ1) is 11.5. The first-order valence-electron chi connectivity index (χ1n) is 5.20. The molecule has 1 aliphatic rings. The molecule has 0 saturated carbocycles. The minimum atomic E-state index is 0.230. The monoisotopic (exact) mass is 199 g/mol. The zero-order valence-corrected chi connectivity index (χ0v) is 9.42. The van der Waals surface area contributed by atoms with Crippen LogP contribution in [0.3, 0.4) is 0 Å². The summed E-state index contributed by atoms with van der Waals surface area (Å²) < 4.78 is 0. The largest absolute Gasteiger partial charge is 0.341 e. The van der Waals surface area contributed by atoms with Crippen LogP contribution in [0.25, 0.3) is 0 Å². The Morgan fingerprint density at radius 3 is 2.86 bits per heavy atom. The number of carbonyl (C=O) groups is 1. The highest BCUT2D eigenvalue weighted by Gasteiger charge is 2.25. The Morgan fingerprint density at radius 1 is 1.57 bits per heavy atom. The van der Waals surface area contributed by atoms with E-state index in [1.165, 1.54) is 0 Å². The van der Waals surface area contributed by atoms with Crippen molar-refractivity contribution in [1.29, 1.82) is 0 Å². The Kier molecular flexibility index (Phi) is 4.35. The summed E-state index contributed by atoms with van der Waals surface area (Å²) in [4.78, 5) is 15.7. The fraction of sp³-hybridized carbons (Fsp3) is 0.900. The van der Waals surface area contributed by atoms with Crippen molar-refractivity contribution >= 4 is 5.91 Å². The third kappa shape index (κ3) is 3.27. The molecular weight excluding hydrogens is 178 g/mol. The Labute approximate surface area is 86.2 Å². The van der Waals surface area contributed by atoms with Gasteiger partial charge in [0.25, 0.3) is 0 Å². The van der Waals surface area contributed by atoms with Gasteiger partial charge in [-0.05, 0) is 33.5 Å². The van der Waals surface area contributed by atoms with E-state index in [0.29, 0.717) is 12.5 Å². The summed E-state index contributed by atoms with van der Waals surface area (Å²) in [5.74, 6) is 0.888. The van der Waals surface area contributed by atoms with Crippen molar-refractivity contribution in [2.45, 2.75) is 6.42 Å². The summed E-state index contributed by atoms with van der Waals surface area (Å²) in [6.45, 7) is 3.41. The van der Waals surface area contributed by atoms with E-state index < -0.39 is 0 Å². The van der Waals surface area contributed by atoms with Crippen LogP contribution < -0.4 is 5.32 Å². The molecule has 0 aliphatic carbocycles. The molecule has 82 valence electrons. The minimum absolute atomic E-state index is 0.230. The molecule has 1 unspecified atom stereocenters. The summed E-state index contributed by atoms with van der Waals surface area (Å²) in [6, 6.07) is 0. The number of likely N-dealkylation sites (tertiary alicyclic amines) is 1. The number of nitrogens with zero attached hydrogens (tertiary/aromatic N) is 2. The summed E-state index contributed by atoms with van der Waals surface area (Å²) in [5, 5.41) is 2.90. The molecule has 1 saturated heterocycles. The molecule has 0 spiro atoms. The smallest absolute Gasteiger partial charge is 0.236 e. The average Bonchev–Trinajstić information content (AvgIpc) is 2.52. The highest BCUT2D eigenvalue weighted by molar-refractivity contribution is 5.78. The van der Waals surface area contributed by atoms with Gasteiger partial charge in [-0.1, -0.05) is 0 Å². The first-order chi connectivity index (χ1) is 6.63. The second-order valence-corrected chi connectivity index (χ2v) is 4.29. The van der Waals surface area contributed by atoms with E-state index in [9.17, 15) is 4.79 Å². The predicted octanol–water partition coefficient (Wildman–Crippen LogP) is -0.384. The van der Waals surface area contributed by atoms with Crippen LogP contribution in [-0.2, 0) is 4.79 Å². The Morgan fingerprint density at radius 2 is 2.29 bits per heavy atom. The lowest BCUT2D eigenvalue weighted by atomic mass is 10.1. The minimum Gasteiger partial charge on any atom is -0.341 e. The third-order valence-corrected chi connectivity index (χ3v) is 2.59. The van der Waals surface area contributed by atoms with Crippen molar-refractivity contribution in [2.24, 2.45) is 5.92 Å². The lowest BCUT2D eigenvalue weighted by molar-refractivity contribution is -0.129. The molecule has 1 N–H and O–H groups in total. The topological polar surface area (TPSA) is 35.6 Å². The van der Waals surface area contributed by atoms with Crippen molar-refractivity contribution in [1.82, 2.24) is 15.1 Å². The van der Waals surface area contributed by atoms with Gasteiger partial charge in [0.15, 0.2) is 0 Å². The molecule has 1 heterocycles. The van der Waals surface area contributed by atoms with Gasteiger partial charge in [0, 0.05) is 19.6 Å². The van der Waals surface area contributed by atoms with Gasteiger partial charge in [-0.25, -0.2) is 0 Å². The quantitative estimate of drug-likeness (QED) is 0.670. The predicted molar refractivity (Wildman–Crippen MR) is 57.2 cm³/mol. The fourth-order valence-electron chi connectivity index (χ4n) is 1.99. The van der Waals surface area contributed by atoms with Gasteiger partial charge in [0.05, 0.1) is 6.54 Å². The van der Waals surface area contributed by atoms with Gasteiger partial charge in [-0.2, -0.15) is 0 Å². The van der Waals surface area contributed by atoms with E-state index in [0.717, 1.165) is 26.1 Å². The molecule has 1 rings (SSSR count). The number of hydrogen-bond donors (Lipinski definition) is 1. The summed E-state index contributed by atoms with van der Waals surface area (Å²) in [6.07, 6.45) is 1.15. The van der Waals surface area contributed by atoms with E-state index in [1.54, 1.807) is 0 Å². The van der Waals surface area contributed by atoms with Crippen LogP contribution in [0, 0.1) is 5.92 Å². The molecule has 1 atom stereocenters. The fourth-order valence-corrected chi connectivity index (χ4v) is 1.99. The third-order valence-electron chi connectivity index (χ3n) is 2.59. The molecule has 4 heteroatoms. The molecule has 4 nitrogen and oxygen atoms in total. The molecule has 1 fully saturated rings. The number of hydrogen-bond acceptors (Lipinski definition) is 3. The van der Waals surface area contributed by atoms with Gasteiger partial charge < -0.3 is 15.1 Å². The average molecular weight is 199 g/mol. The second-order valence-electron chi connectivity index (χ2n) is 4.29. The molecule has 0 aromatic rings. The van der Waals surface area contributed by atoms with Crippen molar-refractivity contribution in [3.63, 3.8) is 0 Å². The molecule has 0 aromatic heterocycles. The summed E-state index contributed by atoms with van der Waals surface area (Å²) >= 11 is 0. The molecule has 1 amide bonds. The first-order valence-corrected chi connectivity index (χ1v) is 5.20. The van der Waals surface area contributed by atoms with Crippen LogP contribution in [0.5, 0.6) is 0 Å². The number of rotatable bonds is 4. The molecule has 0 bridgehead atoms. The number of nitrogens with one attached hydrogen (secondary N) is 1. The van der Waals surface area contributed by atoms with Crippen LogP contribution >= 0.6 is 0 Å². The Bertz CT molecular complexity index is 194. The summed E-state index contributed by atoms with van der Waals surface area (Å²) in [7, 11) is 5.97. The Balaban J connectivity index is 2.29. The highest BCUT2D eigenvalue weighted by Crippen LogP contribution is 2.16. The van der Waals surface area contributed by atoms with Gasteiger partial charge in [-0.3, -0.25) is 4.79 Å². The van der Waals surface area contributed by atoms with Crippen molar-refractivity contribution in [3.05, 3.63) is 0 Å². The number of carbonyl (C=O) groups excluding carboxylic acids is 1. The second kappa shape index (κ2) is 5.32. The van der Waals surface area contributed by atoms with E-state index >= 15 is 0 Å². The van der Waals surface area contributed by atoms with E-state index in [1.807, 2.05) is 11.9 Å². The lowest BCUT2D eigenvalue weighted by Crippen LogP contribution is -2.36. The maximum absolute atomic E-state index is 11.5. The van der Waals surface area contributed by atoms with Gasteiger partial charge in [-0.15, -0.1) is 0 Å². The zero-order valence-electron chi connectivity index (χ0n) is 9.42. The molecular formula is C10H21N3O. The lowest BCUT2D eigenvalue weighted by Gasteiger charge is -2.18. The van der Waals surface area contributed by atoms with E-state index in [2.05, 4.69) is 24.3 Å². The maximum Gasteiger partial charge on any atom is 0.236 e. The zero-order chi connectivity index (χ0) is 10.6. The maximum atomic E-state index is 11.5. The van der Waals surface area contributed by atoms with Crippen LogP contribution in [0.2, 0.25) is 0 Å². The SMILES string of the molecule is CNCC(=O)N1CCC(CN(C)C)C1. The number of amides is 1. The Hall–Kier alpha value is -0.610. The normalized spacial score (nSPS) is 22.0. The van der Waals surface area contributed by atoms with Gasteiger partial charge in [0.2, 0.25) is 5.91 Å². The van der Waals surface area contributed by atoms with Crippen molar-refractivity contribution in [3.8, 4) is 0 Å². The molecule has 14 heavy (non-hydrogen) atoms. The molecule has 0 radical (unpaired) electrons. The van der Waals surface area contributed by atoms with E-state index in [-0.39, 0.29) is 5.91 Å². The van der Waals surface area contributed by atoms with Crippen LogP contribution in [0.15, 0.2) is 0 Å². The molecule has 1 aliphatic heterocycles. The van der Waals surface area contributed by atoms with Gasteiger partial charge >= 0.3 is 0 Å². The van der Waals surface area contributed by atoms with Crippen molar-refractivity contribution < 1.29 is 4.79 Å². The van der Waals surface area contributed by atoms with Crippen LogP contribution in [-0.4, -0.2) is 63.0 Å². The van der Waals surface area contributed by atoms with Crippen molar-refractivity contribution in [2.75, 3.05) is 47.3 Å². The molecule has 0 aromatic carbocycles.